The Morgan fingerprint density at radius 1 is 1.20 bits per heavy atom. The summed E-state index contributed by atoms with van der Waals surface area (Å²) in [7, 11) is 2.93. The van der Waals surface area contributed by atoms with Crippen molar-refractivity contribution in [3.63, 3.8) is 0 Å². The monoisotopic (exact) mass is 420 g/mol. The predicted molar refractivity (Wildman–Crippen MR) is 109 cm³/mol. The molecule has 0 bridgehead atoms. The number of rotatable bonds is 9. The fourth-order valence-electron chi connectivity index (χ4n) is 3.40. The van der Waals surface area contributed by atoms with Gasteiger partial charge in [0.1, 0.15) is 18.2 Å². The Bertz CT molecular complexity index is 799. The Labute approximate surface area is 176 Å². The lowest BCUT2D eigenvalue weighted by atomic mass is 10.0. The maximum absolute atomic E-state index is 13.1. The van der Waals surface area contributed by atoms with E-state index in [4.69, 9.17) is 14.2 Å². The highest BCUT2D eigenvalue weighted by atomic mass is 16.6. The molecule has 0 radical (unpaired) electrons. The molecular weight excluding hydrogens is 392 g/mol. The van der Waals surface area contributed by atoms with Crippen LogP contribution in [0.5, 0.6) is 11.5 Å². The average Bonchev–Trinajstić information content (AvgIpc) is 2.73. The molecule has 1 atom stereocenters. The maximum atomic E-state index is 13.1. The van der Waals surface area contributed by atoms with Crippen LogP contribution in [0.1, 0.15) is 24.2 Å². The average molecular weight is 420 g/mol. The van der Waals surface area contributed by atoms with Gasteiger partial charge in [-0.2, -0.15) is 5.26 Å². The topological polar surface area (TPSA) is 118 Å². The number of carbonyl (C=O) groups is 1. The highest BCUT2D eigenvalue weighted by Crippen LogP contribution is 2.35. The zero-order valence-corrected chi connectivity index (χ0v) is 17.8. The van der Waals surface area contributed by atoms with Crippen LogP contribution in [-0.2, 0) is 4.74 Å². The van der Waals surface area contributed by atoms with Crippen molar-refractivity contribution >= 4 is 11.6 Å². The van der Waals surface area contributed by atoms with E-state index in [0.717, 1.165) is 0 Å². The maximum Gasteiger partial charge on any atom is 0.286 e. The molecule has 1 aromatic rings. The summed E-state index contributed by atoms with van der Waals surface area (Å²) in [4.78, 5) is 27.7. The molecule has 1 heterocycles. The number of amides is 1. The van der Waals surface area contributed by atoms with Gasteiger partial charge in [0.25, 0.3) is 11.6 Å². The third kappa shape index (κ3) is 5.37. The fourth-order valence-corrected chi connectivity index (χ4v) is 3.40. The van der Waals surface area contributed by atoms with E-state index in [1.165, 1.54) is 26.4 Å². The zero-order chi connectivity index (χ0) is 22.3. The fraction of sp³-hybridized carbons (Fsp3) is 0.600. The van der Waals surface area contributed by atoms with E-state index < -0.39 is 10.8 Å². The van der Waals surface area contributed by atoms with Crippen molar-refractivity contribution in [2.75, 3.05) is 53.6 Å². The summed E-state index contributed by atoms with van der Waals surface area (Å²) in [6, 6.07) is 4.64. The third-order valence-corrected chi connectivity index (χ3v) is 5.01. The lowest BCUT2D eigenvalue weighted by molar-refractivity contribution is -0.385. The van der Waals surface area contributed by atoms with E-state index in [1.54, 1.807) is 4.90 Å². The Kier molecular flexibility index (Phi) is 8.38. The van der Waals surface area contributed by atoms with Crippen molar-refractivity contribution in [1.82, 2.24) is 9.80 Å². The SMILES string of the molecule is COCCOc1cc([N+](=O)[O-])c(C(=O)N2CCN(C(C#N)C(C)C)CC2)cc1OC. The Morgan fingerprint density at radius 2 is 1.87 bits per heavy atom. The molecule has 1 aromatic carbocycles. The first-order valence-corrected chi connectivity index (χ1v) is 9.75. The number of piperazine rings is 1. The molecular formula is C20H28N4O6. The molecule has 1 saturated heterocycles. The van der Waals surface area contributed by atoms with Gasteiger partial charge in [-0.15, -0.1) is 0 Å². The minimum Gasteiger partial charge on any atom is -0.493 e. The van der Waals surface area contributed by atoms with Crippen molar-refractivity contribution in [2.24, 2.45) is 5.92 Å². The number of nitro benzene ring substituents is 1. The van der Waals surface area contributed by atoms with E-state index in [0.29, 0.717) is 32.8 Å². The van der Waals surface area contributed by atoms with Crippen LogP contribution in [0.4, 0.5) is 5.69 Å². The van der Waals surface area contributed by atoms with E-state index in [-0.39, 0.29) is 41.3 Å². The molecule has 2 rings (SSSR count). The summed E-state index contributed by atoms with van der Waals surface area (Å²) < 4.78 is 15.7. The van der Waals surface area contributed by atoms with E-state index in [9.17, 15) is 20.2 Å². The van der Waals surface area contributed by atoms with Crippen molar-refractivity contribution in [3.8, 4) is 17.6 Å². The van der Waals surface area contributed by atoms with Gasteiger partial charge in [-0.3, -0.25) is 19.8 Å². The second-order valence-corrected chi connectivity index (χ2v) is 7.26. The normalized spacial score (nSPS) is 15.5. The van der Waals surface area contributed by atoms with Crippen LogP contribution in [0.15, 0.2) is 12.1 Å². The number of ether oxygens (including phenoxy) is 3. The zero-order valence-electron chi connectivity index (χ0n) is 17.8. The molecule has 10 heteroatoms. The molecule has 1 fully saturated rings. The lowest BCUT2D eigenvalue weighted by Gasteiger charge is -2.38. The van der Waals surface area contributed by atoms with Gasteiger partial charge in [0.2, 0.25) is 0 Å². The van der Waals surface area contributed by atoms with Crippen LogP contribution in [-0.4, -0.2) is 80.3 Å². The van der Waals surface area contributed by atoms with Crippen molar-refractivity contribution < 1.29 is 23.9 Å². The quantitative estimate of drug-likeness (QED) is 0.338. The standard InChI is InChI=1S/C20H28N4O6/c1-14(2)17(13-21)22-5-7-23(8-6-22)20(25)15-11-18(29-4)19(30-10-9-28-3)12-16(15)24(26)27/h11-12,14,17H,5-10H2,1-4H3. The summed E-state index contributed by atoms with van der Waals surface area (Å²) in [6.07, 6.45) is 0. The Morgan fingerprint density at radius 3 is 2.37 bits per heavy atom. The van der Waals surface area contributed by atoms with Crippen LogP contribution in [0.3, 0.4) is 0 Å². The largest absolute Gasteiger partial charge is 0.493 e. The van der Waals surface area contributed by atoms with Gasteiger partial charge in [0, 0.05) is 39.4 Å². The van der Waals surface area contributed by atoms with Crippen LogP contribution in [0, 0.1) is 27.4 Å². The second kappa shape index (κ2) is 10.8. The summed E-state index contributed by atoms with van der Waals surface area (Å²) in [5.41, 5.74) is -0.391. The number of hydrogen-bond donors (Lipinski definition) is 0. The van der Waals surface area contributed by atoms with Crippen LogP contribution >= 0.6 is 0 Å². The number of benzene rings is 1. The van der Waals surface area contributed by atoms with Gasteiger partial charge in [0.15, 0.2) is 11.5 Å². The van der Waals surface area contributed by atoms with Gasteiger partial charge in [0.05, 0.1) is 30.8 Å². The van der Waals surface area contributed by atoms with Crippen molar-refractivity contribution in [1.29, 1.82) is 5.26 Å². The highest BCUT2D eigenvalue weighted by Gasteiger charge is 2.32. The minimum atomic E-state index is -0.601. The van der Waals surface area contributed by atoms with Crippen molar-refractivity contribution in [3.05, 3.63) is 27.8 Å². The summed E-state index contributed by atoms with van der Waals surface area (Å²) in [5.74, 6) is 0.147. The smallest absolute Gasteiger partial charge is 0.286 e. The molecule has 30 heavy (non-hydrogen) atoms. The van der Waals surface area contributed by atoms with E-state index in [1.807, 2.05) is 18.7 Å². The number of hydrogen-bond acceptors (Lipinski definition) is 8. The molecule has 164 valence electrons. The molecule has 1 amide bonds. The van der Waals surface area contributed by atoms with Crippen LogP contribution in [0.2, 0.25) is 0 Å². The molecule has 0 saturated carbocycles. The lowest BCUT2D eigenvalue weighted by Crippen LogP contribution is -2.52. The van der Waals surface area contributed by atoms with Gasteiger partial charge in [-0.1, -0.05) is 13.8 Å². The minimum absolute atomic E-state index is 0.0508. The van der Waals surface area contributed by atoms with Gasteiger partial charge in [-0.05, 0) is 5.92 Å². The molecule has 1 aliphatic heterocycles. The Balaban J connectivity index is 2.22. The summed E-state index contributed by atoms with van der Waals surface area (Å²) >= 11 is 0. The molecule has 0 aliphatic carbocycles. The third-order valence-electron chi connectivity index (χ3n) is 5.01. The molecule has 0 aromatic heterocycles. The highest BCUT2D eigenvalue weighted by molar-refractivity contribution is 5.99. The van der Waals surface area contributed by atoms with E-state index in [2.05, 4.69) is 6.07 Å². The van der Waals surface area contributed by atoms with Crippen LogP contribution in [0.25, 0.3) is 0 Å². The van der Waals surface area contributed by atoms with Gasteiger partial charge in [-0.25, -0.2) is 0 Å². The summed E-state index contributed by atoms with van der Waals surface area (Å²) in [6.45, 7) is 6.30. The molecule has 0 spiro atoms. The predicted octanol–water partition coefficient (Wildman–Crippen LogP) is 1.93. The number of nitro groups is 1. The van der Waals surface area contributed by atoms with E-state index >= 15 is 0 Å². The molecule has 1 aliphatic rings. The van der Waals surface area contributed by atoms with Gasteiger partial charge < -0.3 is 19.1 Å². The first-order valence-electron chi connectivity index (χ1n) is 9.75. The first-order chi connectivity index (χ1) is 14.3. The number of nitriles is 1. The number of carbonyl (C=O) groups excluding carboxylic acids is 1. The molecule has 0 N–H and O–H groups in total. The molecule has 1 unspecified atom stereocenters. The van der Waals surface area contributed by atoms with Crippen LogP contribution < -0.4 is 9.47 Å². The number of methoxy groups -OCH3 is 2. The molecule has 10 nitrogen and oxygen atoms in total. The Hall–Kier alpha value is -2.90. The second-order valence-electron chi connectivity index (χ2n) is 7.26. The van der Waals surface area contributed by atoms with Crippen molar-refractivity contribution in [2.45, 2.75) is 19.9 Å². The van der Waals surface area contributed by atoms with Gasteiger partial charge >= 0.3 is 0 Å². The number of nitrogens with zero attached hydrogens (tertiary/aromatic N) is 4. The summed E-state index contributed by atoms with van der Waals surface area (Å²) in [5, 5.41) is 21.0. The first kappa shape index (κ1) is 23.4.